The van der Waals surface area contributed by atoms with E-state index in [-0.39, 0.29) is 0 Å². The molecule has 3 heteroatoms. The standard InChI is InChI=1S/C63H43N3/c1-7-21-44(22-8-1)52-33-19-35-54(41-52)57-43-56(46-23-9-2-10-24-46)64-63(65-57)55-36-20-34-53(42-55)45-37-39-49(40-38-45)58-59(47-25-11-3-12-26-47)61(50-29-15-5-16-30-50)66-62(51-31-17-6-18-32-51)60(58)48-27-13-4-14-28-48/h1-43H. The van der Waals surface area contributed by atoms with Gasteiger partial charge in [-0.1, -0.05) is 243 Å². The number of benzene rings is 9. The Kier molecular flexibility index (Phi) is 11.0. The van der Waals surface area contributed by atoms with E-state index in [4.69, 9.17) is 15.0 Å². The molecule has 0 saturated heterocycles. The maximum absolute atomic E-state index is 5.61. The Balaban J connectivity index is 1.06. The molecule has 0 amide bonds. The van der Waals surface area contributed by atoms with Crippen molar-refractivity contribution in [3.63, 3.8) is 0 Å². The average Bonchev–Trinajstić information content (AvgIpc) is 3.42. The molecule has 310 valence electrons. The summed E-state index contributed by atoms with van der Waals surface area (Å²) >= 11 is 0. The van der Waals surface area contributed by atoms with Gasteiger partial charge >= 0.3 is 0 Å². The molecule has 0 aliphatic carbocycles. The summed E-state index contributed by atoms with van der Waals surface area (Å²) < 4.78 is 0. The van der Waals surface area contributed by atoms with Gasteiger partial charge in [0.05, 0.1) is 22.8 Å². The lowest BCUT2D eigenvalue weighted by molar-refractivity contribution is 1.18. The number of nitrogens with zero attached hydrogens (tertiary/aromatic N) is 3. The second-order valence-electron chi connectivity index (χ2n) is 16.3. The largest absolute Gasteiger partial charge is 0.246 e. The smallest absolute Gasteiger partial charge is 0.160 e. The topological polar surface area (TPSA) is 38.7 Å². The van der Waals surface area contributed by atoms with Crippen molar-refractivity contribution in [2.45, 2.75) is 0 Å². The summed E-state index contributed by atoms with van der Waals surface area (Å²) in [4.78, 5) is 16.1. The molecule has 0 fully saturated rings. The Morgan fingerprint density at radius 3 is 0.985 bits per heavy atom. The van der Waals surface area contributed by atoms with E-state index in [0.717, 1.165) is 101 Å². The Hall–Kier alpha value is -8.79. The van der Waals surface area contributed by atoms with E-state index in [1.165, 1.54) is 5.56 Å². The zero-order chi connectivity index (χ0) is 44.1. The first-order chi connectivity index (χ1) is 32.7. The fraction of sp³-hybridized carbons (Fsp3) is 0. The van der Waals surface area contributed by atoms with Crippen LogP contribution < -0.4 is 0 Å². The fourth-order valence-electron chi connectivity index (χ4n) is 8.89. The van der Waals surface area contributed by atoms with E-state index in [1.807, 2.05) is 12.1 Å². The first-order valence-corrected chi connectivity index (χ1v) is 22.3. The molecule has 0 bridgehead atoms. The number of pyridine rings is 1. The van der Waals surface area contributed by atoms with Gasteiger partial charge in [-0.3, -0.25) is 0 Å². The van der Waals surface area contributed by atoms with Crippen molar-refractivity contribution >= 4 is 0 Å². The number of rotatable bonds is 10. The van der Waals surface area contributed by atoms with Crippen LogP contribution in [0.25, 0.3) is 112 Å². The molecule has 0 aliphatic heterocycles. The van der Waals surface area contributed by atoms with E-state index < -0.39 is 0 Å². The minimum absolute atomic E-state index is 0.675. The van der Waals surface area contributed by atoms with E-state index in [0.29, 0.717) is 5.82 Å². The van der Waals surface area contributed by atoms with Crippen LogP contribution >= 0.6 is 0 Å². The lowest BCUT2D eigenvalue weighted by atomic mass is 9.83. The molecule has 0 N–H and O–H groups in total. The van der Waals surface area contributed by atoms with Gasteiger partial charge in [0.15, 0.2) is 5.82 Å². The second kappa shape index (κ2) is 18.1. The molecule has 0 unspecified atom stereocenters. The molecule has 2 heterocycles. The van der Waals surface area contributed by atoms with Crippen LogP contribution in [0.2, 0.25) is 0 Å². The first-order valence-electron chi connectivity index (χ1n) is 22.3. The zero-order valence-corrected chi connectivity index (χ0v) is 36.2. The van der Waals surface area contributed by atoms with Gasteiger partial charge < -0.3 is 0 Å². The van der Waals surface area contributed by atoms with Gasteiger partial charge in [0.1, 0.15) is 0 Å². The van der Waals surface area contributed by atoms with Crippen LogP contribution in [0.15, 0.2) is 261 Å². The average molecular weight is 842 g/mol. The van der Waals surface area contributed by atoms with Crippen molar-refractivity contribution in [2.75, 3.05) is 0 Å². The fourth-order valence-corrected chi connectivity index (χ4v) is 8.89. The van der Waals surface area contributed by atoms with Gasteiger partial charge in [0.25, 0.3) is 0 Å². The number of hydrogen-bond acceptors (Lipinski definition) is 3. The van der Waals surface area contributed by atoms with Crippen LogP contribution in [0, 0.1) is 0 Å². The predicted molar refractivity (Wildman–Crippen MR) is 274 cm³/mol. The molecule has 0 aliphatic rings. The van der Waals surface area contributed by atoms with Crippen LogP contribution in [0.4, 0.5) is 0 Å². The summed E-state index contributed by atoms with van der Waals surface area (Å²) in [5.74, 6) is 0.675. The van der Waals surface area contributed by atoms with Crippen LogP contribution in [0.5, 0.6) is 0 Å². The van der Waals surface area contributed by atoms with Crippen LogP contribution in [0.1, 0.15) is 0 Å². The van der Waals surface area contributed by atoms with Gasteiger partial charge in [-0.15, -0.1) is 0 Å². The third kappa shape index (κ3) is 8.14. The van der Waals surface area contributed by atoms with Crippen LogP contribution in [-0.4, -0.2) is 15.0 Å². The molecule has 11 aromatic rings. The van der Waals surface area contributed by atoms with Gasteiger partial charge in [-0.2, -0.15) is 0 Å². The summed E-state index contributed by atoms with van der Waals surface area (Å²) in [5, 5.41) is 0. The lowest BCUT2D eigenvalue weighted by Crippen LogP contribution is -2.01. The van der Waals surface area contributed by atoms with Crippen LogP contribution in [0.3, 0.4) is 0 Å². The van der Waals surface area contributed by atoms with Gasteiger partial charge in [-0.05, 0) is 57.1 Å². The molecule has 2 aromatic heterocycles. The molecule has 9 aromatic carbocycles. The van der Waals surface area contributed by atoms with Crippen LogP contribution in [-0.2, 0) is 0 Å². The molecule has 66 heavy (non-hydrogen) atoms. The molecule has 0 saturated carbocycles. The normalized spacial score (nSPS) is 11.0. The maximum Gasteiger partial charge on any atom is 0.160 e. The Morgan fingerprint density at radius 2 is 0.500 bits per heavy atom. The van der Waals surface area contributed by atoms with Gasteiger partial charge in [-0.25, -0.2) is 15.0 Å². The predicted octanol–water partition coefficient (Wildman–Crippen LogP) is 16.5. The number of aromatic nitrogens is 3. The van der Waals surface area contributed by atoms with E-state index >= 15 is 0 Å². The molecular weight excluding hydrogens is 799 g/mol. The van der Waals surface area contributed by atoms with Crippen molar-refractivity contribution in [1.82, 2.24) is 15.0 Å². The van der Waals surface area contributed by atoms with Crippen molar-refractivity contribution in [3.05, 3.63) is 261 Å². The molecule has 0 spiro atoms. The second-order valence-corrected chi connectivity index (χ2v) is 16.3. The summed E-state index contributed by atoms with van der Waals surface area (Å²) in [6.45, 7) is 0. The minimum Gasteiger partial charge on any atom is -0.246 e. The van der Waals surface area contributed by atoms with Gasteiger partial charge in [0, 0.05) is 44.5 Å². The highest BCUT2D eigenvalue weighted by Crippen LogP contribution is 2.49. The van der Waals surface area contributed by atoms with Crippen molar-refractivity contribution < 1.29 is 0 Å². The van der Waals surface area contributed by atoms with E-state index in [9.17, 15) is 0 Å². The SMILES string of the molecule is c1ccc(-c2cccc(-c3cc(-c4ccccc4)nc(-c4cccc(-c5ccc(-c6c(-c7ccccc7)c(-c7ccccc7)nc(-c7ccccc7)c6-c6ccccc6)cc5)c4)n3)c2)cc1. The summed E-state index contributed by atoms with van der Waals surface area (Å²) in [6, 6.07) is 91.7. The minimum atomic E-state index is 0.675. The molecule has 0 radical (unpaired) electrons. The van der Waals surface area contributed by atoms with Crippen molar-refractivity contribution in [1.29, 1.82) is 0 Å². The van der Waals surface area contributed by atoms with Crippen molar-refractivity contribution in [3.8, 4) is 112 Å². The van der Waals surface area contributed by atoms with E-state index in [2.05, 4.69) is 249 Å². The molecule has 3 nitrogen and oxygen atoms in total. The maximum atomic E-state index is 5.61. The Bertz CT molecular complexity index is 3310. The highest BCUT2D eigenvalue weighted by molar-refractivity contribution is 6.05. The number of hydrogen-bond donors (Lipinski definition) is 0. The van der Waals surface area contributed by atoms with Gasteiger partial charge in [0.2, 0.25) is 0 Å². The Morgan fingerprint density at radius 1 is 0.182 bits per heavy atom. The quantitative estimate of drug-likeness (QED) is 0.138. The summed E-state index contributed by atoms with van der Waals surface area (Å²) in [6.07, 6.45) is 0. The molecular formula is C63H43N3. The Labute approximate surface area is 386 Å². The van der Waals surface area contributed by atoms with Crippen molar-refractivity contribution in [2.24, 2.45) is 0 Å². The molecule has 11 rings (SSSR count). The summed E-state index contributed by atoms with van der Waals surface area (Å²) in [7, 11) is 0. The highest BCUT2D eigenvalue weighted by atomic mass is 14.9. The lowest BCUT2D eigenvalue weighted by Gasteiger charge is -2.23. The first kappa shape index (κ1) is 40.0. The molecule has 0 atom stereocenters. The van der Waals surface area contributed by atoms with E-state index in [1.54, 1.807) is 0 Å². The highest BCUT2D eigenvalue weighted by Gasteiger charge is 2.25. The summed E-state index contributed by atoms with van der Waals surface area (Å²) in [5.41, 5.74) is 19.9. The third-order valence-corrected chi connectivity index (χ3v) is 12.1. The zero-order valence-electron chi connectivity index (χ0n) is 36.2. The monoisotopic (exact) mass is 841 g/mol. The third-order valence-electron chi connectivity index (χ3n) is 12.1.